The predicted octanol–water partition coefficient (Wildman–Crippen LogP) is 3.46. The number of hydrogen-bond acceptors (Lipinski definition) is 2. The summed E-state index contributed by atoms with van der Waals surface area (Å²) >= 11 is 0. The molecule has 3 heteroatoms. The van der Waals surface area contributed by atoms with Crippen LogP contribution < -0.4 is 5.73 Å². The lowest BCUT2D eigenvalue weighted by atomic mass is 9.84. The van der Waals surface area contributed by atoms with Crippen LogP contribution in [0.15, 0.2) is 42.7 Å². The van der Waals surface area contributed by atoms with Crippen molar-refractivity contribution < 1.29 is 0 Å². The minimum Gasteiger partial charge on any atom is -0.329 e. The van der Waals surface area contributed by atoms with Gasteiger partial charge in [-0.25, -0.2) is 4.98 Å². The second-order valence-electron chi connectivity index (χ2n) is 5.83. The molecule has 2 aromatic rings. The quantitative estimate of drug-likeness (QED) is 0.923. The number of rotatable bonds is 4. The van der Waals surface area contributed by atoms with E-state index in [1.807, 2.05) is 18.5 Å². The Balaban J connectivity index is 1.73. The minimum atomic E-state index is 0.243. The van der Waals surface area contributed by atoms with Gasteiger partial charge in [0.25, 0.3) is 0 Å². The van der Waals surface area contributed by atoms with Crippen molar-refractivity contribution in [3.63, 3.8) is 0 Å². The van der Waals surface area contributed by atoms with Crippen LogP contribution in [0.2, 0.25) is 0 Å². The monoisotopic (exact) mass is 269 g/mol. The van der Waals surface area contributed by atoms with Gasteiger partial charge in [0.1, 0.15) is 5.82 Å². The highest BCUT2D eigenvalue weighted by atomic mass is 15.1. The van der Waals surface area contributed by atoms with Crippen molar-refractivity contribution in [1.82, 2.24) is 9.55 Å². The second kappa shape index (κ2) is 6.23. The largest absolute Gasteiger partial charge is 0.329 e. The van der Waals surface area contributed by atoms with Crippen molar-refractivity contribution in [2.24, 2.45) is 11.7 Å². The van der Waals surface area contributed by atoms with Crippen LogP contribution in [0, 0.1) is 5.92 Å². The Hall–Kier alpha value is -1.61. The van der Waals surface area contributed by atoms with Crippen LogP contribution in [0.25, 0.3) is 11.4 Å². The van der Waals surface area contributed by atoms with Crippen LogP contribution in [0.3, 0.4) is 0 Å². The third-order valence-corrected chi connectivity index (χ3v) is 4.41. The number of hydrogen-bond donors (Lipinski definition) is 1. The average Bonchev–Trinajstić information content (AvgIpc) is 2.97. The maximum atomic E-state index is 6.44. The topological polar surface area (TPSA) is 43.8 Å². The molecule has 0 amide bonds. The van der Waals surface area contributed by atoms with E-state index >= 15 is 0 Å². The molecule has 1 fully saturated rings. The molecule has 0 radical (unpaired) electrons. The predicted molar refractivity (Wildman–Crippen MR) is 82.2 cm³/mol. The van der Waals surface area contributed by atoms with E-state index in [0.717, 1.165) is 17.9 Å². The van der Waals surface area contributed by atoms with Gasteiger partial charge in [0.15, 0.2) is 0 Å². The normalized spacial score (nSPS) is 18.1. The summed E-state index contributed by atoms with van der Waals surface area (Å²) in [6, 6.07) is 10.6. The molecule has 0 aliphatic heterocycles. The molecular weight excluding hydrogens is 246 g/mol. The Morgan fingerprint density at radius 3 is 2.65 bits per heavy atom. The fraction of sp³-hybridized carbons (Fsp3) is 0.471. The second-order valence-corrected chi connectivity index (χ2v) is 5.83. The van der Waals surface area contributed by atoms with Gasteiger partial charge in [0.2, 0.25) is 0 Å². The first-order valence-corrected chi connectivity index (χ1v) is 7.67. The van der Waals surface area contributed by atoms with E-state index in [9.17, 15) is 0 Å². The maximum Gasteiger partial charge on any atom is 0.139 e. The van der Waals surface area contributed by atoms with E-state index in [1.165, 1.54) is 32.1 Å². The van der Waals surface area contributed by atoms with E-state index in [2.05, 4.69) is 33.8 Å². The van der Waals surface area contributed by atoms with Crippen LogP contribution in [0.1, 0.15) is 32.1 Å². The first-order valence-electron chi connectivity index (χ1n) is 7.67. The van der Waals surface area contributed by atoms with Gasteiger partial charge in [0, 0.05) is 30.5 Å². The van der Waals surface area contributed by atoms with E-state index in [0.29, 0.717) is 5.92 Å². The molecule has 2 N–H and O–H groups in total. The zero-order chi connectivity index (χ0) is 13.8. The number of benzene rings is 1. The average molecular weight is 269 g/mol. The van der Waals surface area contributed by atoms with Gasteiger partial charge in [0.05, 0.1) is 0 Å². The summed E-state index contributed by atoms with van der Waals surface area (Å²) in [6.07, 6.45) is 10.6. The first kappa shape index (κ1) is 13.4. The lowest BCUT2D eigenvalue weighted by Gasteiger charge is -2.28. The highest BCUT2D eigenvalue weighted by molar-refractivity contribution is 5.55. The Bertz CT molecular complexity index is 526. The molecule has 106 valence electrons. The van der Waals surface area contributed by atoms with Gasteiger partial charge < -0.3 is 10.3 Å². The summed E-state index contributed by atoms with van der Waals surface area (Å²) in [5, 5.41) is 0. The zero-order valence-electron chi connectivity index (χ0n) is 11.9. The van der Waals surface area contributed by atoms with E-state index in [4.69, 9.17) is 5.73 Å². The summed E-state index contributed by atoms with van der Waals surface area (Å²) in [4.78, 5) is 4.49. The van der Waals surface area contributed by atoms with Crippen LogP contribution in [0.4, 0.5) is 0 Å². The van der Waals surface area contributed by atoms with Crippen LogP contribution in [-0.4, -0.2) is 15.6 Å². The molecule has 20 heavy (non-hydrogen) atoms. The molecule has 1 saturated carbocycles. The Morgan fingerprint density at radius 2 is 1.90 bits per heavy atom. The summed E-state index contributed by atoms with van der Waals surface area (Å²) in [6.45, 7) is 0.870. The summed E-state index contributed by atoms with van der Waals surface area (Å²) in [7, 11) is 0. The van der Waals surface area contributed by atoms with Gasteiger partial charge in [-0.1, -0.05) is 49.6 Å². The summed E-state index contributed by atoms with van der Waals surface area (Å²) in [5.74, 6) is 1.70. The van der Waals surface area contributed by atoms with E-state index in [-0.39, 0.29) is 6.04 Å². The lowest BCUT2D eigenvalue weighted by molar-refractivity contribution is 0.285. The minimum absolute atomic E-state index is 0.243. The molecule has 1 aromatic heterocycles. The number of nitrogens with two attached hydrogens (primary N) is 1. The van der Waals surface area contributed by atoms with E-state index < -0.39 is 0 Å². The fourth-order valence-corrected chi connectivity index (χ4v) is 3.24. The SMILES string of the molecule is NC(Cn1ccnc1-c1ccccc1)C1CCCCC1. The molecule has 1 aromatic carbocycles. The summed E-state index contributed by atoms with van der Waals surface area (Å²) in [5.41, 5.74) is 7.60. The Kier molecular flexibility index (Phi) is 4.16. The van der Waals surface area contributed by atoms with Crippen LogP contribution >= 0.6 is 0 Å². The molecule has 0 saturated heterocycles. The van der Waals surface area contributed by atoms with Crippen molar-refractivity contribution in [2.75, 3.05) is 0 Å². The summed E-state index contributed by atoms with van der Waals surface area (Å²) < 4.78 is 2.20. The molecule has 1 aliphatic rings. The highest BCUT2D eigenvalue weighted by Crippen LogP contribution is 2.27. The van der Waals surface area contributed by atoms with Gasteiger partial charge in [-0.05, 0) is 18.8 Å². The highest BCUT2D eigenvalue weighted by Gasteiger charge is 2.21. The third-order valence-electron chi connectivity index (χ3n) is 4.41. The molecule has 3 nitrogen and oxygen atoms in total. The molecule has 0 spiro atoms. The van der Waals surface area contributed by atoms with Crippen molar-refractivity contribution >= 4 is 0 Å². The van der Waals surface area contributed by atoms with E-state index in [1.54, 1.807) is 0 Å². The van der Waals surface area contributed by atoms with Crippen LogP contribution in [0.5, 0.6) is 0 Å². The van der Waals surface area contributed by atoms with Crippen molar-refractivity contribution in [1.29, 1.82) is 0 Å². The van der Waals surface area contributed by atoms with Gasteiger partial charge in [-0.15, -0.1) is 0 Å². The molecule has 1 unspecified atom stereocenters. The Morgan fingerprint density at radius 1 is 1.15 bits per heavy atom. The van der Waals surface area contributed by atoms with Gasteiger partial charge >= 0.3 is 0 Å². The van der Waals surface area contributed by atoms with Crippen molar-refractivity contribution in [3.8, 4) is 11.4 Å². The molecule has 3 rings (SSSR count). The zero-order valence-corrected chi connectivity index (χ0v) is 11.9. The van der Waals surface area contributed by atoms with Gasteiger partial charge in [-0.2, -0.15) is 0 Å². The fourth-order valence-electron chi connectivity index (χ4n) is 3.24. The Labute approximate surface area is 120 Å². The molecule has 0 bridgehead atoms. The number of nitrogens with zero attached hydrogens (tertiary/aromatic N) is 2. The molecule has 1 aliphatic carbocycles. The standard InChI is InChI=1S/C17H23N3/c18-16(14-7-3-1-4-8-14)13-20-12-11-19-17(20)15-9-5-2-6-10-15/h2,5-6,9-12,14,16H,1,3-4,7-8,13,18H2. The number of aromatic nitrogens is 2. The molecule has 1 atom stereocenters. The first-order chi connectivity index (χ1) is 9.84. The van der Waals surface area contributed by atoms with Crippen LogP contribution in [-0.2, 0) is 6.54 Å². The third kappa shape index (κ3) is 2.93. The molecule has 1 heterocycles. The van der Waals surface area contributed by atoms with Gasteiger partial charge in [-0.3, -0.25) is 0 Å². The van der Waals surface area contributed by atoms with Crippen molar-refractivity contribution in [3.05, 3.63) is 42.7 Å². The maximum absolute atomic E-state index is 6.44. The number of imidazole rings is 1. The molecular formula is C17H23N3. The smallest absolute Gasteiger partial charge is 0.139 e. The van der Waals surface area contributed by atoms with Crippen molar-refractivity contribution in [2.45, 2.75) is 44.7 Å². The lowest BCUT2D eigenvalue weighted by Crippen LogP contribution is -2.35.